The smallest absolute Gasteiger partial charge is 0.00524 e. The molecule has 108 valence electrons. The van der Waals surface area contributed by atoms with Gasteiger partial charge in [-0.1, -0.05) is 85.2 Å². The molecule has 0 aromatic heterocycles. The van der Waals surface area contributed by atoms with Gasteiger partial charge in [0.25, 0.3) is 0 Å². The molecule has 0 heteroatoms. The maximum absolute atomic E-state index is 2.42. The zero-order valence-corrected chi connectivity index (χ0v) is 14.0. The molecular weight excluding hydrogens is 228 g/mol. The van der Waals surface area contributed by atoms with Crippen LogP contribution in [0, 0.1) is 10.8 Å². The molecule has 0 nitrogen and oxygen atoms in total. The van der Waals surface area contributed by atoms with Crippen molar-refractivity contribution in [2.24, 2.45) is 10.8 Å². The van der Waals surface area contributed by atoms with Gasteiger partial charge in [0.05, 0.1) is 0 Å². The van der Waals surface area contributed by atoms with Crippen molar-refractivity contribution >= 4 is 0 Å². The van der Waals surface area contributed by atoms with Crippen molar-refractivity contribution in [3.8, 4) is 0 Å². The Balaban J connectivity index is 2.75. The van der Waals surface area contributed by atoms with E-state index in [4.69, 9.17) is 0 Å². The van der Waals surface area contributed by atoms with Gasteiger partial charge in [-0.05, 0) is 34.7 Å². The molecule has 0 aliphatic carbocycles. The van der Waals surface area contributed by atoms with Crippen LogP contribution in [0.1, 0.15) is 73.3 Å². The van der Waals surface area contributed by atoms with Gasteiger partial charge in [0, 0.05) is 0 Å². The Morgan fingerprint density at radius 2 is 1.26 bits per heavy atom. The highest BCUT2D eigenvalue weighted by molar-refractivity contribution is 5.26. The highest BCUT2D eigenvalue weighted by atomic mass is 14.4. The lowest BCUT2D eigenvalue weighted by molar-refractivity contribution is 0.166. The van der Waals surface area contributed by atoms with Crippen LogP contribution in [0.4, 0.5) is 0 Å². The summed E-state index contributed by atoms with van der Waals surface area (Å²) in [5.41, 5.74) is 2.44. The van der Waals surface area contributed by atoms with Crippen LogP contribution in [0.2, 0.25) is 0 Å². The molecule has 0 fully saturated rings. The Labute approximate surface area is 120 Å². The molecule has 0 aliphatic heterocycles. The first-order chi connectivity index (χ1) is 8.56. The first-order valence-electron chi connectivity index (χ1n) is 7.62. The molecule has 1 aromatic carbocycles. The summed E-state index contributed by atoms with van der Waals surface area (Å²) in [4.78, 5) is 0. The summed E-state index contributed by atoms with van der Waals surface area (Å²) in [6.07, 6.45) is 3.90. The quantitative estimate of drug-likeness (QED) is 0.590. The highest BCUT2D eigenvalue weighted by Gasteiger charge is 2.37. The van der Waals surface area contributed by atoms with Gasteiger partial charge in [0.2, 0.25) is 0 Å². The van der Waals surface area contributed by atoms with E-state index < -0.39 is 0 Å². The van der Waals surface area contributed by atoms with Gasteiger partial charge in [0.1, 0.15) is 0 Å². The van der Waals surface area contributed by atoms with Crippen molar-refractivity contribution in [2.75, 3.05) is 0 Å². The first-order valence-corrected chi connectivity index (χ1v) is 7.62. The Kier molecular flexibility index (Phi) is 4.87. The van der Waals surface area contributed by atoms with E-state index in [1.165, 1.54) is 24.8 Å². The van der Waals surface area contributed by atoms with Gasteiger partial charge in [0.15, 0.2) is 0 Å². The monoisotopic (exact) mass is 260 g/mol. The fourth-order valence-corrected chi connectivity index (χ4v) is 2.62. The second kappa shape index (κ2) is 5.69. The van der Waals surface area contributed by atoms with E-state index in [1.807, 2.05) is 0 Å². The van der Waals surface area contributed by atoms with Crippen molar-refractivity contribution in [1.29, 1.82) is 0 Å². The van der Waals surface area contributed by atoms with Crippen LogP contribution in [0.3, 0.4) is 0 Å². The van der Waals surface area contributed by atoms with E-state index in [0.29, 0.717) is 10.8 Å². The van der Waals surface area contributed by atoms with Crippen molar-refractivity contribution in [2.45, 2.75) is 73.1 Å². The van der Waals surface area contributed by atoms with Gasteiger partial charge in [-0.15, -0.1) is 0 Å². The molecule has 19 heavy (non-hydrogen) atoms. The lowest BCUT2D eigenvalue weighted by atomic mass is 9.62. The Morgan fingerprint density at radius 1 is 0.737 bits per heavy atom. The van der Waals surface area contributed by atoms with E-state index in [-0.39, 0.29) is 5.41 Å². The lowest BCUT2D eigenvalue weighted by Gasteiger charge is -2.43. The maximum atomic E-state index is 2.42. The fourth-order valence-electron chi connectivity index (χ4n) is 2.62. The summed E-state index contributed by atoms with van der Waals surface area (Å²) >= 11 is 0. The Hall–Kier alpha value is -0.780. The SMILES string of the molecule is CC(C)(C)CCCC(C)(C)C(C)(C)c1ccccc1. The number of hydrogen-bond acceptors (Lipinski definition) is 0. The number of hydrogen-bond donors (Lipinski definition) is 0. The Bertz CT molecular complexity index is 376. The van der Waals surface area contributed by atoms with Crippen LogP contribution < -0.4 is 0 Å². The molecule has 0 saturated carbocycles. The molecule has 1 aromatic rings. The predicted molar refractivity (Wildman–Crippen MR) is 86.6 cm³/mol. The van der Waals surface area contributed by atoms with E-state index >= 15 is 0 Å². The van der Waals surface area contributed by atoms with Crippen LogP contribution >= 0.6 is 0 Å². The average Bonchev–Trinajstić information content (AvgIpc) is 2.28. The normalized spacial score (nSPS) is 13.6. The van der Waals surface area contributed by atoms with Crippen LogP contribution in [0.5, 0.6) is 0 Å². The minimum absolute atomic E-state index is 0.214. The second-order valence-electron chi connectivity index (χ2n) is 8.29. The van der Waals surface area contributed by atoms with Crippen LogP contribution in [-0.2, 0) is 5.41 Å². The summed E-state index contributed by atoms with van der Waals surface area (Å²) in [5.74, 6) is 0. The topological polar surface area (TPSA) is 0 Å². The minimum atomic E-state index is 0.214. The number of benzene rings is 1. The van der Waals surface area contributed by atoms with Crippen molar-refractivity contribution in [1.82, 2.24) is 0 Å². The van der Waals surface area contributed by atoms with E-state index in [9.17, 15) is 0 Å². The molecule has 0 N–H and O–H groups in total. The van der Waals surface area contributed by atoms with E-state index in [1.54, 1.807) is 0 Å². The third-order valence-electron chi connectivity index (χ3n) is 4.92. The molecule has 0 radical (unpaired) electrons. The van der Waals surface area contributed by atoms with Crippen molar-refractivity contribution in [3.63, 3.8) is 0 Å². The minimum Gasteiger partial charge on any atom is -0.0622 e. The standard InChI is InChI=1S/C19H32/c1-17(2,3)14-11-15-18(4,5)19(6,7)16-12-9-8-10-13-16/h8-10,12-13H,11,14-15H2,1-7H3. The van der Waals surface area contributed by atoms with E-state index in [2.05, 4.69) is 78.8 Å². The van der Waals surface area contributed by atoms with Crippen LogP contribution in [0.15, 0.2) is 30.3 Å². The molecule has 0 bridgehead atoms. The molecule has 0 saturated heterocycles. The first kappa shape index (κ1) is 16.3. The summed E-state index contributed by atoms with van der Waals surface area (Å²) in [5, 5.41) is 0. The van der Waals surface area contributed by atoms with Gasteiger partial charge >= 0.3 is 0 Å². The summed E-state index contributed by atoms with van der Waals surface area (Å²) in [7, 11) is 0. The Morgan fingerprint density at radius 3 is 1.74 bits per heavy atom. The predicted octanol–water partition coefficient (Wildman–Crippen LogP) is 6.21. The van der Waals surface area contributed by atoms with Gasteiger partial charge < -0.3 is 0 Å². The molecule has 1 rings (SSSR count). The third kappa shape index (κ3) is 4.37. The molecule has 0 aliphatic rings. The van der Waals surface area contributed by atoms with Crippen molar-refractivity contribution < 1.29 is 0 Å². The van der Waals surface area contributed by atoms with Gasteiger partial charge in [-0.25, -0.2) is 0 Å². The zero-order valence-electron chi connectivity index (χ0n) is 14.0. The molecule has 0 atom stereocenters. The lowest BCUT2D eigenvalue weighted by Crippen LogP contribution is -2.36. The van der Waals surface area contributed by atoms with Crippen LogP contribution in [0.25, 0.3) is 0 Å². The molecule has 0 unspecified atom stereocenters. The van der Waals surface area contributed by atoms with Gasteiger partial charge in [-0.2, -0.15) is 0 Å². The summed E-state index contributed by atoms with van der Waals surface area (Å²) in [6.45, 7) is 16.6. The highest BCUT2D eigenvalue weighted by Crippen LogP contribution is 2.45. The molecule has 0 heterocycles. The summed E-state index contributed by atoms with van der Waals surface area (Å²) in [6, 6.07) is 11.0. The second-order valence-corrected chi connectivity index (χ2v) is 8.29. The van der Waals surface area contributed by atoms with Gasteiger partial charge in [-0.3, -0.25) is 0 Å². The van der Waals surface area contributed by atoms with Crippen molar-refractivity contribution in [3.05, 3.63) is 35.9 Å². The molecular formula is C19H32. The largest absolute Gasteiger partial charge is 0.0622 e. The molecule has 0 spiro atoms. The van der Waals surface area contributed by atoms with Crippen LogP contribution in [-0.4, -0.2) is 0 Å². The average molecular weight is 260 g/mol. The fraction of sp³-hybridized carbons (Fsp3) is 0.684. The van der Waals surface area contributed by atoms with E-state index in [0.717, 1.165) is 0 Å². The third-order valence-corrected chi connectivity index (χ3v) is 4.92. The summed E-state index contributed by atoms with van der Waals surface area (Å²) < 4.78 is 0. The maximum Gasteiger partial charge on any atom is -0.00524 e. The number of rotatable bonds is 5. The molecule has 0 amide bonds. The zero-order chi connectivity index (χ0) is 14.7.